The maximum atomic E-state index is 12.2. The van der Waals surface area contributed by atoms with Crippen LogP contribution >= 0.6 is 0 Å². The largest absolute Gasteiger partial charge is 0.493 e. The highest BCUT2D eigenvalue weighted by molar-refractivity contribution is 5.98. The standard InChI is InChI=1S/C17H26O2/c1-3-5-6-7-8-12-16(18)15-11-9-10-13-17(15)19-14-4-2/h9-11,13H,3-8,12,14H2,1-2H3. The van der Waals surface area contributed by atoms with Crippen molar-refractivity contribution in [1.29, 1.82) is 0 Å². The molecule has 2 nitrogen and oxygen atoms in total. The van der Waals surface area contributed by atoms with Crippen LogP contribution in [0.4, 0.5) is 0 Å². The molecule has 0 amide bonds. The number of benzene rings is 1. The van der Waals surface area contributed by atoms with Crippen molar-refractivity contribution >= 4 is 5.78 Å². The number of Topliss-reactive ketones (excluding diaryl/α,β-unsaturated/α-hetero) is 1. The zero-order valence-electron chi connectivity index (χ0n) is 12.3. The van der Waals surface area contributed by atoms with Gasteiger partial charge in [-0.2, -0.15) is 0 Å². The van der Waals surface area contributed by atoms with Crippen molar-refractivity contribution in [3.63, 3.8) is 0 Å². The summed E-state index contributed by atoms with van der Waals surface area (Å²) < 4.78 is 5.63. The maximum Gasteiger partial charge on any atom is 0.166 e. The summed E-state index contributed by atoms with van der Waals surface area (Å²) in [6.45, 7) is 4.94. The molecule has 0 aliphatic heterocycles. The second kappa shape index (κ2) is 9.60. The summed E-state index contributed by atoms with van der Waals surface area (Å²) in [7, 11) is 0. The van der Waals surface area contributed by atoms with Crippen LogP contribution in [0.25, 0.3) is 0 Å². The molecule has 1 aromatic carbocycles. The Bertz CT molecular complexity index is 371. The van der Waals surface area contributed by atoms with Gasteiger partial charge in [0, 0.05) is 6.42 Å². The van der Waals surface area contributed by atoms with Crippen molar-refractivity contribution in [3.05, 3.63) is 29.8 Å². The summed E-state index contributed by atoms with van der Waals surface area (Å²) in [4.78, 5) is 12.2. The van der Waals surface area contributed by atoms with Crippen molar-refractivity contribution < 1.29 is 9.53 Å². The van der Waals surface area contributed by atoms with Crippen molar-refractivity contribution in [2.24, 2.45) is 0 Å². The molecular weight excluding hydrogens is 236 g/mol. The molecule has 0 atom stereocenters. The molecule has 0 bridgehead atoms. The SMILES string of the molecule is CCCCCCCC(=O)c1ccccc1OCCC. The smallest absolute Gasteiger partial charge is 0.166 e. The molecule has 0 aromatic heterocycles. The predicted molar refractivity (Wildman–Crippen MR) is 79.9 cm³/mol. The van der Waals surface area contributed by atoms with Gasteiger partial charge in [-0.1, -0.05) is 51.7 Å². The van der Waals surface area contributed by atoms with Crippen LogP contribution in [0.1, 0.15) is 69.2 Å². The van der Waals surface area contributed by atoms with Crippen molar-refractivity contribution in [2.45, 2.75) is 58.8 Å². The Morgan fingerprint density at radius 3 is 2.47 bits per heavy atom. The van der Waals surface area contributed by atoms with Crippen molar-refractivity contribution in [2.75, 3.05) is 6.61 Å². The van der Waals surface area contributed by atoms with Gasteiger partial charge < -0.3 is 4.74 Å². The fraction of sp³-hybridized carbons (Fsp3) is 0.588. The topological polar surface area (TPSA) is 26.3 Å². The molecule has 0 radical (unpaired) electrons. The third-order valence-corrected chi connectivity index (χ3v) is 3.16. The van der Waals surface area contributed by atoms with Crippen LogP contribution in [0, 0.1) is 0 Å². The first kappa shape index (κ1) is 15.7. The Labute approximate surface area is 117 Å². The molecular formula is C17H26O2. The molecule has 0 heterocycles. The van der Waals surface area contributed by atoms with E-state index in [9.17, 15) is 4.79 Å². The van der Waals surface area contributed by atoms with Gasteiger partial charge in [0.15, 0.2) is 5.78 Å². The average Bonchev–Trinajstić information content (AvgIpc) is 2.45. The molecule has 0 saturated heterocycles. The van der Waals surface area contributed by atoms with E-state index in [0.29, 0.717) is 13.0 Å². The zero-order chi connectivity index (χ0) is 13.9. The fourth-order valence-electron chi connectivity index (χ4n) is 2.06. The van der Waals surface area contributed by atoms with Crippen molar-refractivity contribution in [3.8, 4) is 5.75 Å². The van der Waals surface area contributed by atoms with Gasteiger partial charge in [0.25, 0.3) is 0 Å². The number of hydrogen-bond donors (Lipinski definition) is 0. The highest BCUT2D eigenvalue weighted by Gasteiger charge is 2.11. The van der Waals surface area contributed by atoms with Crippen LogP contribution < -0.4 is 4.74 Å². The van der Waals surface area contributed by atoms with Crippen molar-refractivity contribution in [1.82, 2.24) is 0 Å². The Morgan fingerprint density at radius 2 is 1.74 bits per heavy atom. The minimum absolute atomic E-state index is 0.211. The Balaban J connectivity index is 2.46. The number of hydrogen-bond acceptors (Lipinski definition) is 2. The summed E-state index contributed by atoms with van der Waals surface area (Å²) in [6, 6.07) is 7.59. The van der Waals surface area contributed by atoms with Crippen LogP contribution in [-0.4, -0.2) is 12.4 Å². The first-order valence-corrected chi connectivity index (χ1v) is 7.54. The quantitative estimate of drug-likeness (QED) is 0.437. The molecule has 0 spiro atoms. The Hall–Kier alpha value is -1.31. The molecule has 0 aliphatic rings. The highest BCUT2D eigenvalue weighted by atomic mass is 16.5. The number of carbonyl (C=O) groups is 1. The molecule has 1 aromatic rings. The summed E-state index contributed by atoms with van der Waals surface area (Å²) in [5.41, 5.74) is 0.742. The molecule has 1 rings (SSSR count). The molecule has 2 heteroatoms. The van der Waals surface area contributed by atoms with E-state index in [2.05, 4.69) is 13.8 Å². The van der Waals surface area contributed by atoms with E-state index in [0.717, 1.165) is 30.6 Å². The van der Waals surface area contributed by atoms with E-state index in [-0.39, 0.29) is 5.78 Å². The first-order valence-electron chi connectivity index (χ1n) is 7.54. The molecule has 106 valence electrons. The monoisotopic (exact) mass is 262 g/mol. The number of ketones is 1. The van der Waals surface area contributed by atoms with E-state index in [1.807, 2.05) is 24.3 Å². The Morgan fingerprint density at radius 1 is 1.00 bits per heavy atom. The number of unbranched alkanes of at least 4 members (excludes halogenated alkanes) is 4. The van der Waals surface area contributed by atoms with Gasteiger partial charge in [-0.15, -0.1) is 0 Å². The number of carbonyl (C=O) groups excluding carboxylic acids is 1. The van der Waals surface area contributed by atoms with E-state index in [1.165, 1.54) is 19.3 Å². The lowest BCUT2D eigenvalue weighted by Gasteiger charge is -2.09. The second-order valence-electron chi connectivity index (χ2n) is 4.93. The van der Waals surface area contributed by atoms with Crippen LogP contribution in [0.2, 0.25) is 0 Å². The predicted octanol–water partition coefficient (Wildman–Crippen LogP) is 5.02. The minimum atomic E-state index is 0.211. The van der Waals surface area contributed by atoms with Gasteiger partial charge in [0.2, 0.25) is 0 Å². The van der Waals surface area contributed by atoms with E-state index < -0.39 is 0 Å². The third kappa shape index (κ3) is 5.91. The van der Waals surface area contributed by atoms with Gasteiger partial charge in [-0.25, -0.2) is 0 Å². The highest BCUT2D eigenvalue weighted by Crippen LogP contribution is 2.21. The lowest BCUT2D eigenvalue weighted by Crippen LogP contribution is -2.04. The molecule has 19 heavy (non-hydrogen) atoms. The van der Waals surface area contributed by atoms with Crippen LogP contribution in [0.3, 0.4) is 0 Å². The van der Waals surface area contributed by atoms with Gasteiger partial charge in [-0.05, 0) is 25.0 Å². The van der Waals surface area contributed by atoms with Gasteiger partial charge in [0.05, 0.1) is 12.2 Å². The van der Waals surface area contributed by atoms with Crippen LogP contribution in [0.5, 0.6) is 5.75 Å². The number of ether oxygens (including phenoxy) is 1. The summed E-state index contributed by atoms with van der Waals surface area (Å²) in [5, 5.41) is 0. The van der Waals surface area contributed by atoms with Gasteiger partial charge in [-0.3, -0.25) is 4.79 Å². The lowest BCUT2D eigenvalue weighted by atomic mass is 10.0. The third-order valence-electron chi connectivity index (χ3n) is 3.16. The molecule has 0 aliphatic carbocycles. The Kier molecular flexibility index (Phi) is 7.95. The van der Waals surface area contributed by atoms with E-state index in [1.54, 1.807) is 0 Å². The van der Waals surface area contributed by atoms with E-state index >= 15 is 0 Å². The average molecular weight is 262 g/mol. The summed E-state index contributed by atoms with van der Waals surface area (Å²) in [6.07, 6.45) is 7.47. The van der Waals surface area contributed by atoms with Crippen LogP contribution in [-0.2, 0) is 0 Å². The first-order chi connectivity index (χ1) is 9.29. The molecule has 0 unspecified atom stereocenters. The molecule has 0 N–H and O–H groups in total. The molecule has 0 fully saturated rings. The lowest BCUT2D eigenvalue weighted by molar-refractivity contribution is 0.0975. The normalized spacial score (nSPS) is 10.4. The fourth-order valence-corrected chi connectivity index (χ4v) is 2.06. The number of para-hydroxylation sites is 1. The number of rotatable bonds is 10. The summed E-state index contributed by atoms with van der Waals surface area (Å²) >= 11 is 0. The second-order valence-corrected chi connectivity index (χ2v) is 4.93. The maximum absolute atomic E-state index is 12.2. The minimum Gasteiger partial charge on any atom is -0.493 e. The van der Waals surface area contributed by atoms with Gasteiger partial charge >= 0.3 is 0 Å². The van der Waals surface area contributed by atoms with Crippen LogP contribution in [0.15, 0.2) is 24.3 Å². The molecule has 0 saturated carbocycles. The zero-order valence-corrected chi connectivity index (χ0v) is 12.3. The van der Waals surface area contributed by atoms with Gasteiger partial charge in [0.1, 0.15) is 5.75 Å². The summed E-state index contributed by atoms with van der Waals surface area (Å²) in [5.74, 6) is 0.950. The van der Waals surface area contributed by atoms with E-state index in [4.69, 9.17) is 4.74 Å².